The molecular weight excluding hydrogens is 579 g/mol. The Balaban J connectivity index is 0.00000294. The number of amides is 6. The smallest absolute Gasteiger partial charge is 0.329 e. The highest BCUT2D eigenvalue weighted by atomic mass is 35.5. The Morgan fingerprint density at radius 3 is 1.32 bits per heavy atom. The molecular formula is C25H38Cl2N8O6. The summed E-state index contributed by atoms with van der Waals surface area (Å²) in [6, 6.07) is -1.34. The Morgan fingerprint density at radius 2 is 1.02 bits per heavy atom. The number of nitrogens with zero attached hydrogens (tertiary/aromatic N) is 8. The number of hydrogen-bond acceptors (Lipinski definition) is 8. The van der Waals surface area contributed by atoms with E-state index in [1.165, 1.54) is 9.80 Å². The zero-order chi connectivity index (χ0) is 28.9. The van der Waals surface area contributed by atoms with E-state index in [2.05, 4.69) is 9.97 Å². The van der Waals surface area contributed by atoms with Crippen molar-refractivity contribution in [3.05, 3.63) is 36.4 Å². The van der Waals surface area contributed by atoms with E-state index < -0.39 is 47.2 Å². The molecule has 0 spiro atoms. The summed E-state index contributed by atoms with van der Waals surface area (Å²) in [5, 5.41) is 21.2. The Labute approximate surface area is 250 Å². The Kier molecular flexibility index (Phi) is 10.2. The van der Waals surface area contributed by atoms with Crippen LogP contribution in [-0.4, -0.2) is 116 Å². The van der Waals surface area contributed by atoms with Crippen LogP contribution in [0.4, 0.5) is 9.59 Å². The first-order chi connectivity index (χ1) is 18.2. The molecule has 2 fully saturated rings. The summed E-state index contributed by atoms with van der Waals surface area (Å²) in [5.74, 6) is 0.328. The SMILES string of the molecule is Cc1nccn1CC(O)CN1C(=O)N(CN2C(=O)N(CC(O)Cn3ccnc3C)C(=O)C2(C)C)C(C)(C)C1=O.Cl.Cl. The third kappa shape index (κ3) is 6.20. The summed E-state index contributed by atoms with van der Waals surface area (Å²) >= 11 is 0. The molecule has 4 rings (SSSR count). The molecule has 2 saturated heterocycles. The summed E-state index contributed by atoms with van der Waals surface area (Å²) in [6.07, 6.45) is 4.50. The highest BCUT2D eigenvalue weighted by Crippen LogP contribution is 2.33. The van der Waals surface area contributed by atoms with E-state index >= 15 is 0 Å². The zero-order valence-corrected chi connectivity index (χ0v) is 25.6. The number of aromatic nitrogens is 4. The van der Waals surface area contributed by atoms with Gasteiger partial charge in [-0.2, -0.15) is 0 Å². The van der Waals surface area contributed by atoms with Crippen LogP contribution < -0.4 is 0 Å². The van der Waals surface area contributed by atoms with E-state index in [0.717, 1.165) is 9.80 Å². The fraction of sp³-hybridized carbons (Fsp3) is 0.600. The van der Waals surface area contributed by atoms with Crippen molar-refractivity contribution in [3.8, 4) is 0 Å². The number of aliphatic hydroxyl groups excluding tert-OH is 2. The largest absolute Gasteiger partial charge is 0.389 e. The third-order valence-corrected chi connectivity index (χ3v) is 7.54. The fourth-order valence-electron chi connectivity index (χ4n) is 4.96. The van der Waals surface area contributed by atoms with Crippen LogP contribution in [0.2, 0.25) is 0 Å². The lowest BCUT2D eigenvalue weighted by Crippen LogP contribution is -2.55. The highest BCUT2D eigenvalue weighted by molar-refractivity contribution is 6.08. The van der Waals surface area contributed by atoms with Gasteiger partial charge in [0.25, 0.3) is 11.8 Å². The monoisotopic (exact) mass is 616 g/mol. The van der Waals surface area contributed by atoms with E-state index in [0.29, 0.717) is 11.6 Å². The Hall–Kier alpha value is -3.20. The summed E-state index contributed by atoms with van der Waals surface area (Å²) < 4.78 is 3.43. The maximum Gasteiger partial charge on any atom is 0.329 e. The molecule has 41 heavy (non-hydrogen) atoms. The van der Waals surface area contributed by atoms with Gasteiger partial charge in [-0.3, -0.25) is 29.2 Å². The van der Waals surface area contributed by atoms with Gasteiger partial charge in [0.2, 0.25) is 0 Å². The quantitative estimate of drug-likeness (QED) is 0.374. The first-order valence-electron chi connectivity index (χ1n) is 12.7. The molecule has 228 valence electrons. The van der Waals surface area contributed by atoms with E-state index in [9.17, 15) is 29.4 Å². The number of halogens is 2. The lowest BCUT2D eigenvalue weighted by Gasteiger charge is -2.36. The van der Waals surface area contributed by atoms with Crippen LogP contribution in [0.25, 0.3) is 0 Å². The van der Waals surface area contributed by atoms with Gasteiger partial charge in [0.05, 0.1) is 38.4 Å². The predicted molar refractivity (Wildman–Crippen MR) is 151 cm³/mol. The number of imide groups is 2. The number of imidazole rings is 2. The molecule has 0 aromatic carbocycles. The van der Waals surface area contributed by atoms with Crippen molar-refractivity contribution in [2.75, 3.05) is 19.8 Å². The number of urea groups is 2. The normalized spacial score (nSPS) is 19.5. The second-order valence-corrected chi connectivity index (χ2v) is 11.1. The zero-order valence-electron chi connectivity index (χ0n) is 23.9. The van der Waals surface area contributed by atoms with Gasteiger partial charge >= 0.3 is 12.1 Å². The minimum atomic E-state index is -1.33. The summed E-state index contributed by atoms with van der Waals surface area (Å²) in [6.45, 7) is 9.28. The molecule has 0 bridgehead atoms. The van der Waals surface area contributed by atoms with Crippen molar-refractivity contribution in [1.82, 2.24) is 38.7 Å². The molecule has 6 amide bonds. The Morgan fingerprint density at radius 1 is 0.683 bits per heavy atom. The van der Waals surface area contributed by atoms with E-state index in [-0.39, 0.29) is 57.7 Å². The lowest BCUT2D eigenvalue weighted by atomic mass is 10.0. The van der Waals surface area contributed by atoms with Gasteiger partial charge in [0.1, 0.15) is 29.4 Å². The molecule has 0 saturated carbocycles. The summed E-state index contributed by atoms with van der Waals surface area (Å²) in [5.41, 5.74) is -2.65. The molecule has 2 atom stereocenters. The molecule has 0 radical (unpaired) electrons. The van der Waals surface area contributed by atoms with Crippen LogP contribution in [0, 0.1) is 13.8 Å². The van der Waals surface area contributed by atoms with Crippen molar-refractivity contribution in [2.24, 2.45) is 0 Å². The molecule has 2 N–H and O–H groups in total. The van der Waals surface area contributed by atoms with E-state index in [1.54, 1.807) is 75.5 Å². The van der Waals surface area contributed by atoms with Gasteiger partial charge in [-0.15, -0.1) is 24.8 Å². The van der Waals surface area contributed by atoms with Crippen molar-refractivity contribution in [1.29, 1.82) is 0 Å². The molecule has 0 aliphatic carbocycles. The van der Waals surface area contributed by atoms with Crippen LogP contribution in [0.15, 0.2) is 24.8 Å². The van der Waals surface area contributed by atoms with Crippen LogP contribution in [0.1, 0.15) is 39.3 Å². The maximum atomic E-state index is 13.4. The summed E-state index contributed by atoms with van der Waals surface area (Å²) in [7, 11) is 0. The molecule has 2 aromatic heterocycles. The number of β-amino-alcohol motifs (C(OH)–C–C–N with tert-alkyl or cyclic N) is 2. The third-order valence-electron chi connectivity index (χ3n) is 7.54. The number of carbonyl (C=O) groups is 4. The maximum absolute atomic E-state index is 13.4. The van der Waals surface area contributed by atoms with Crippen LogP contribution in [0.5, 0.6) is 0 Å². The van der Waals surface area contributed by atoms with Gasteiger partial charge < -0.3 is 19.3 Å². The van der Waals surface area contributed by atoms with Crippen LogP contribution in [-0.2, 0) is 22.7 Å². The second-order valence-electron chi connectivity index (χ2n) is 11.1. The van der Waals surface area contributed by atoms with Gasteiger partial charge in [0.15, 0.2) is 0 Å². The number of carbonyl (C=O) groups excluding carboxylic acids is 4. The first kappa shape index (κ1) is 34.0. The highest BCUT2D eigenvalue weighted by Gasteiger charge is 2.57. The molecule has 14 nitrogen and oxygen atoms in total. The van der Waals surface area contributed by atoms with Gasteiger partial charge in [-0.25, -0.2) is 19.6 Å². The number of rotatable bonds is 10. The van der Waals surface area contributed by atoms with Gasteiger partial charge in [0, 0.05) is 24.8 Å². The molecule has 2 unspecified atom stereocenters. The number of hydrogen-bond donors (Lipinski definition) is 2. The van der Waals surface area contributed by atoms with Crippen LogP contribution in [0.3, 0.4) is 0 Å². The fourth-order valence-corrected chi connectivity index (χ4v) is 4.96. The average molecular weight is 618 g/mol. The van der Waals surface area contributed by atoms with E-state index in [1.807, 2.05) is 0 Å². The van der Waals surface area contributed by atoms with Gasteiger partial charge in [-0.05, 0) is 41.5 Å². The molecule has 2 aromatic rings. The minimum absolute atomic E-state index is 0. The molecule has 4 heterocycles. The molecule has 16 heteroatoms. The van der Waals surface area contributed by atoms with Gasteiger partial charge in [-0.1, -0.05) is 0 Å². The van der Waals surface area contributed by atoms with Crippen LogP contribution >= 0.6 is 24.8 Å². The standard InChI is InChI=1S/C25H36N8O6.2ClH/c1-16-26-7-9-28(16)11-18(34)13-30-20(36)24(3,4)32(22(30)38)15-33-23(39)31(21(37)25(33,5)6)14-19(35)12-29-10-8-27-17(29)2;;/h7-10,18-19,34-35H,11-15H2,1-6H3;2*1H. The first-order valence-corrected chi connectivity index (χ1v) is 12.7. The Bertz CT molecular complexity index is 1200. The second kappa shape index (κ2) is 12.3. The van der Waals surface area contributed by atoms with Crippen molar-refractivity contribution in [3.63, 3.8) is 0 Å². The van der Waals surface area contributed by atoms with Crippen molar-refractivity contribution < 1.29 is 29.4 Å². The van der Waals surface area contributed by atoms with Crippen molar-refractivity contribution >= 4 is 48.7 Å². The van der Waals surface area contributed by atoms with E-state index in [4.69, 9.17) is 0 Å². The predicted octanol–water partition coefficient (Wildman–Crippen LogP) is 1.01. The summed E-state index contributed by atoms with van der Waals surface area (Å²) in [4.78, 5) is 65.9. The number of aliphatic hydroxyl groups is 2. The minimum Gasteiger partial charge on any atom is -0.389 e. The topological polar surface area (TPSA) is 157 Å². The lowest BCUT2D eigenvalue weighted by molar-refractivity contribution is -0.134. The number of aryl methyl sites for hydroxylation is 2. The van der Waals surface area contributed by atoms with Crippen molar-refractivity contribution in [2.45, 2.75) is 77.9 Å². The molecule has 2 aliphatic heterocycles. The molecule has 2 aliphatic rings. The average Bonchev–Trinajstić information content (AvgIpc) is 3.52.